The highest BCUT2D eigenvalue weighted by Gasteiger charge is 2.29. The maximum absolute atomic E-state index is 12.3. The van der Waals surface area contributed by atoms with Crippen molar-refractivity contribution >= 4 is 28.6 Å². The summed E-state index contributed by atoms with van der Waals surface area (Å²) in [6.45, 7) is 0.385. The van der Waals surface area contributed by atoms with Crippen LogP contribution in [0.4, 0.5) is 18.9 Å². The van der Waals surface area contributed by atoms with E-state index in [1.807, 2.05) is 24.4 Å². The van der Waals surface area contributed by atoms with E-state index < -0.39 is 18.3 Å². The molecule has 1 unspecified atom stereocenters. The van der Waals surface area contributed by atoms with Crippen LogP contribution in [0.25, 0.3) is 0 Å². The standard InChI is InChI=1S/C12H11ClF3N3OS/c1-7(9-3-2-4-21-9)18-8-5-17-19(6-12(14,15)16)11(20)10(8)13/h2-5,7,18H,6H2,1H3. The fraction of sp³-hybridized carbons (Fsp3) is 0.333. The molecule has 0 fully saturated rings. The molecule has 0 spiro atoms. The molecule has 4 nitrogen and oxygen atoms in total. The average Bonchev–Trinajstić information content (AvgIpc) is 2.91. The minimum atomic E-state index is -4.53. The molecule has 2 aromatic rings. The summed E-state index contributed by atoms with van der Waals surface area (Å²) in [5.74, 6) is 0. The van der Waals surface area contributed by atoms with Gasteiger partial charge in [-0.15, -0.1) is 11.3 Å². The van der Waals surface area contributed by atoms with Gasteiger partial charge in [0.1, 0.15) is 11.6 Å². The molecule has 0 aliphatic carbocycles. The lowest BCUT2D eigenvalue weighted by molar-refractivity contribution is -0.143. The number of thiophene rings is 1. The van der Waals surface area contributed by atoms with Gasteiger partial charge >= 0.3 is 6.18 Å². The normalized spacial score (nSPS) is 13.2. The highest BCUT2D eigenvalue weighted by molar-refractivity contribution is 7.10. The van der Waals surface area contributed by atoms with Crippen LogP contribution in [0.2, 0.25) is 5.02 Å². The number of halogens is 4. The van der Waals surface area contributed by atoms with Gasteiger partial charge < -0.3 is 5.32 Å². The Bertz CT molecular complexity index is 669. The second kappa shape index (κ2) is 6.07. The zero-order chi connectivity index (χ0) is 15.6. The number of alkyl halides is 3. The van der Waals surface area contributed by atoms with Crippen molar-refractivity contribution in [1.29, 1.82) is 0 Å². The third kappa shape index (κ3) is 3.98. The fourth-order valence-electron chi connectivity index (χ4n) is 1.69. The van der Waals surface area contributed by atoms with E-state index in [1.165, 1.54) is 11.3 Å². The first-order valence-corrected chi connectivity index (χ1v) is 7.16. The predicted octanol–water partition coefficient (Wildman–Crippen LogP) is 3.69. The van der Waals surface area contributed by atoms with Gasteiger partial charge in [0.25, 0.3) is 5.56 Å². The van der Waals surface area contributed by atoms with Crippen molar-refractivity contribution in [3.8, 4) is 0 Å². The average molecular weight is 338 g/mol. The SMILES string of the molecule is CC(Nc1cnn(CC(F)(F)F)c(=O)c1Cl)c1cccs1. The molecule has 0 aliphatic rings. The monoisotopic (exact) mass is 337 g/mol. The lowest BCUT2D eigenvalue weighted by atomic mass is 10.2. The van der Waals surface area contributed by atoms with Crippen LogP contribution in [-0.4, -0.2) is 16.0 Å². The van der Waals surface area contributed by atoms with Crippen molar-refractivity contribution in [3.63, 3.8) is 0 Å². The zero-order valence-corrected chi connectivity index (χ0v) is 12.4. The van der Waals surface area contributed by atoms with Crippen LogP contribution < -0.4 is 10.9 Å². The maximum atomic E-state index is 12.3. The molecule has 1 N–H and O–H groups in total. The summed E-state index contributed by atoms with van der Waals surface area (Å²) in [6, 6.07) is 3.63. The summed E-state index contributed by atoms with van der Waals surface area (Å²) in [5, 5.41) is 8.05. The van der Waals surface area contributed by atoms with Gasteiger partial charge in [-0.05, 0) is 18.4 Å². The van der Waals surface area contributed by atoms with Crippen molar-refractivity contribution in [2.24, 2.45) is 0 Å². The van der Waals surface area contributed by atoms with Crippen molar-refractivity contribution in [1.82, 2.24) is 9.78 Å². The van der Waals surface area contributed by atoms with Crippen molar-refractivity contribution in [2.45, 2.75) is 25.7 Å². The molecule has 0 amide bonds. The third-order valence-corrected chi connectivity index (χ3v) is 4.08. The fourth-order valence-corrected chi connectivity index (χ4v) is 2.63. The van der Waals surface area contributed by atoms with E-state index >= 15 is 0 Å². The maximum Gasteiger partial charge on any atom is 0.408 e. The summed E-state index contributed by atoms with van der Waals surface area (Å²) >= 11 is 7.35. The van der Waals surface area contributed by atoms with Gasteiger partial charge in [0.2, 0.25) is 0 Å². The quantitative estimate of drug-likeness (QED) is 0.925. The summed E-state index contributed by atoms with van der Waals surface area (Å²) < 4.78 is 37.2. The summed E-state index contributed by atoms with van der Waals surface area (Å²) in [7, 11) is 0. The van der Waals surface area contributed by atoms with Gasteiger partial charge in [-0.2, -0.15) is 18.3 Å². The van der Waals surface area contributed by atoms with Crippen molar-refractivity contribution in [3.05, 3.63) is 44.0 Å². The second-order valence-electron chi connectivity index (χ2n) is 4.33. The lowest BCUT2D eigenvalue weighted by Gasteiger charge is -2.15. The number of hydrogen-bond acceptors (Lipinski definition) is 4. The van der Waals surface area contributed by atoms with Crippen molar-refractivity contribution in [2.75, 3.05) is 5.32 Å². The first-order valence-electron chi connectivity index (χ1n) is 5.90. The van der Waals surface area contributed by atoms with Crippen LogP contribution in [0.1, 0.15) is 17.8 Å². The van der Waals surface area contributed by atoms with Gasteiger partial charge in [0, 0.05) is 4.88 Å². The number of anilines is 1. The number of hydrogen-bond donors (Lipinski definition) is 1. The number of nitrogens with one attached hydrogen (secondary N) is 1. The Morgan fingerprint density at radius 2 is 2.24 bits per heavy atom. The van der Waals surface area contributed by atoms with Crippen LogP contribution in [0.5, 0.6) is 0 Å². The van der Waals surface area contributed by atoms with E-state index in [9.17, 15) is 18.0 Å². The van der Waals surface area contributed by atoms with Crippen molar-refractivity contribution < 1.29 is 13.2 Å². The second-order valence-corrected chi connectivity index (χ2v) is 5.69. The van der Waals surface area contributed by atoms with Gasteiger partial charge in [0.15, 0.2) is 0 Å². The van der Waals surface area contributed by atoms with E-state index in [1.54, 1.807) is 0 Å². The molecule has 0 saturated carbocycles. The number of aromatic nitrogens is 2. The van der Waals surface area contributed by atoms with E-state index in [-0.39, 0.29) is 16.8 Å². The smallest absolute Gasteiger partial charge is 0.375 e. The van der Waals surface area contributed by atoms with Gasteiger partial charge in [-0.3, -0.25) is 4.79 Å². The Balaban J connectivity index is 2.23. The first kappa shape index (κ1) is 15.8. The molecule has 0 radical (unpaired) electrons. The molecule has 2 heterocycles. The van der Waals surface area contributed by atoms with Crippen LogP contribution in [-0.2, 0) is 6.54 Å². The van der Waals surface area contributed by atoms with Gasteiger partial charge in [0.05, 0.1) is 17.9 Å². The molecule has 2 rings (SSSR count). The molecule has 0 aliphatic heterocycles. The Kier molecular flexibility index (Phi) is 4.58. The van der Waals surface area contributed by atoms with Crippen LogP contribution in [0.3, 0.4) is 0 Å². The molecular weight excluding hydrogens is 327 g/mol. The van der Waals surface area contributed by atoms with E-state index in [0.717, 1.165) is 11.1 Å². The Morgan fingerprint density at radius 1 is 1.52 bits per heavy atom. The van der Waals surface area contributed by atoms with Crippen LogP contribution in [0.15, 0.2) is 28.5 Å². The number of nitrogens with zero attached hydrogens (tertiary/aromatic N) is 2. The van der Waals surface area contributed by atoms with E-state index in [0.29, 0.717) is 4.68 Å². The summed E-state index contributed by atoms with van der Waals surface area (Å²) in [6.07, 6.45) is -3.40. The molecule has 2 aromatic heterocycles. The molecule has 1 atom stereocenters. The first-order chi connectivity index (χ1) is 9.78. The van der Waals surface area contributed by atoms with Crippen LogP contribution in [0, 0.1) is 0 Å². The highest BCUT2D eigenvalue weighted by atomic mass is 35.5. The molecular formula is C12H11ClF3N3OS. The molecule has 0 saturated heterocycles. The largest absolute Gasteiger partial charge is 0.408 e. The summed E-state index contributed by atoms with van der Waals surface area (Å²) in [5.41, 5.74) is -0.765. The lowest BCUT2D eigenvalue weighted by Crippen LogP contribution is -2.31. The minimum Gasteiger partial charge on any atom is -0.375 e. The summed E-state index contributed by atoms with van der Waals surface area (Å²) in [4.78, 5) is 12.8. The third-order valence-electron chi connectivity index (χ3n) is 2.66. The minimum absolute atomic E-state index is 0.137. The Labute approximate surface area is 127 Å². The molecule has 114 valence electrons. The topological polar surface area (TPSA) is 46.9 Å². The Morgan fingerprint density at radius 3 is 2.81 bits per heavy atom. The van der Waals surface area contributed by atoms with E-state index in [4.69, 9.17) is 11.6 Å². The molecule has 21 heavy (non-hydrogen) atoms. The van der Waals surface area contributed by atoms with Crippen LogP contribution >= 0.6 is 22.9 Å². The Hall–Kier alpha value is -1.54. The van der Waals surface area contributed by atoms with Gasteiger partial charge in [-0.1, -0.05) is 17.7 Å². The molecule has 0 bridgehead atoms. The zero-order valence-electron chi connectivity index (χ0n) is 10.8. The number of rotatable bonds is 4. The molecule has 0 aromatic carbocycles. The highest BCUT2D eigenvalue weighted by Crippen LogP contribution is 2.25. The van der Waals surface area contributed by atoms with Gasteiger partial charge in [-0.25, -0.2) is 4.68 Å². The van der Waals surface area contributed by atoms with E-state index in [2.05, 4.69) is 10.4 Å². The predicted molar refractivity (Wildman–Crippen MR) is 75.9 cm³/mol. The molecule has 9 heteroatoms.